The standard InChI is InChI=1S/C12H14Br3NOS/c13-5-4-8-3-1-2-6-16(8)12(17)9-7-10(14)18-11(9)15/h7-8H,1-6H2. The van der Waals surface area contributed by atoms with Crippen LogP contribution in [0.2, 0.25) is 0 Å². The molecule has 0 saturated carbocycles. The number of halogens is 3. The summed E-state index contributed by atoms with van der Waals surface area (Å²) < 4.78 is 1.91. The van der Waals surface area contributed by atoms with E-state index in [-0.39, 0.29) is 5.91 Å². The van der Waals surface area contributed by atoms with E-state index in [1.54, 1.807) is 11.3 Å². The Morgan fingerprint density at radius 2 is 2.22 bits per heavy atom. The van der Waals surface area contributed by atoms with Crippen LogP contribution in [-0.4, -0.2) is 28.7 Å². The maximum atomic E-state index is 12.6. The molecular formula is C12H14Br3NOS. The Bertz CT molecular complexity index is 433. The molecule has 1 aromatic heterocycles. The van der Waals surface area contributed by atoms with Gasteiger partial charge in [0.1, 0.15) is 0 Å². The molecule has 1 fully saturated rings. The van der Waals surface area contributed by atoms with Crippen molar-refractivity contribution in [2.24, 2.45) is 0 Å². The third kappa shape index (κ3) is 3.38. The number of alkyl halides is 1. The van der Waals surface area contributed by atoms with Crippen molar-refractivity contribution in [3.8, 4) is 0 Å². The zero-order valence-electron chi connectivity index (χ0n) is 9.79. The lowest BCUT2D eigenvalue weighted by molar-refractivity contribution is 0.0609. The van der Waals surface area contributed by atoms with E-state index in [1.807, 2.05) is 11.0 Å². The zero-order valence-corrected chi connectivity index (χ0v) is 15.4. The molecule has 1 atom stereocenters. The van der Waals surface area contributed by atoms with Crippen LogP contribution in [0.5, 0.6) is 0 Å². The smallest absolute Gasteiger partial charge is 0.256 e. The van der Waals surface area contributed by atoms with Crippen LogP contribution in [0.1, 0.15) is 36.0 Å². The van der Waals surface area contributed by atoms with Crippen molar-refractivity contribution in [1.29, 1.82) is 0 Å². The third-order valence-electron chi connectivity index (χ3n) is 3.22. The van der Waals surface area contributed by atoms with Crippen LogP contribution in [0, 0.1) is 0 Å². The van der Waals surface area contributed by atoms with Crippen molar-refractivity contribution in [3.63, 3.8) is 0 Å². The molecule has 0 bridgehead atoms. The first-order chi connectivity index (χ1) is 8.63. The summed E-state index contributed by atoms with van der Waals surface area (Å²) in [4.78, 5) is 14.6. The molecule has 0 aromatic carbocycles. The molecule has 1 saturated heterocycles. The topological polar surface area (TPSA) is 20.3 Å². The number of hydrogen-bond acceptors (Lipinski definition) is 2. The van der Waals surface area contributed by atoms with Crippen LogP contribution >= 0.6 is 59.1 Å². The molecule has 2 heterocycles. The number of piperidine rings is 1. The number of rotatable bonds is 3. The lowest BCUT2D eigenvalue weighted by Crippen LogP contribution is -2.43. The average Bonchev–Trinajstić information content (AvgIpc) is 2.69. The second-order valence-corrected chi connectivity index (χ2v) is 8.91. The first kappa shape index (κ1) is 15.0. The maximum absolute atomic E-state index is 12.6. The first-order valence-electron chi connectivity index (χ1n) is 5.95. The fourth-order valence-electron chi connectivity index (χ4n) is 2.33. The van der Waals surface area contributed by atoms with Gasteiger partial charge in [-0.15, -0.1) is 11.3 Å². The van der Waals surface area contributed by atoms with Gasteiger partial charge in [0, 0.05) is 17.9 Å². The summed E-state index contributed by atoms with van der Waals surface area (Å²) in [6.45, 7) is 0.885. The number of hydrogen-bond donors (Lipinski definition) is 0. The normalized spacial score (nSPS) is 20.2. The van der Waals surface area contributed by atoms with Gasteiger partial charge >= 0.3 is 0 Å². The van der Waals surface area contributed by atoms with Gasteiger partial charge in [-0.25, -0.2) is 0 Å². The summed E-state index contributed by atoms with van der Waals surface area (Å²) in [5.74, 6) is 0.162. The lowest BCUT2D eigenvalue weighted by atomic mass is 9.99. The van der Waals surface area contributed by atoms with E-state index in [9.17, 15) is 4.79 Å². The van der Waals surface area contributed by atoms with Crippen molar-refractivity contribution < 1.29 is 4.79 Å². The monoisotopic (exact) mass is 457 g/mol. The van der Waals surface area contributed by atoms with Crippen molar-refractivity contribution in [3.05, 3.63) is 19.2 Å². The third-order valence-corrected chi connectivity index (χ3v) is 6.01. The number of amides is 1. The van der Waals surface area contributed by atoms with Gasteiger partial charge in [0.15, 0.2) is 0 Å². The largest absolute Gasteiger partial charge is 0.336 e. The van der Waals surface area contributed by atoms with E-state index >= 15 is 0 Å². The van der Waals surface area contributed by atoms with Gasteiger partial charge in [-0.1, -0.05) is 15.9 Å². The van der Waals surface area contributed by atoms with E-state index in [0.717, 1.165) is 44.3 Å². The van der Waals surface area contributed by atoms with Gasteiger partial charge in [0.25, 0.3) is 5.91 Å². The molecule has 18 heavy (non-hydrogen) atoms. The highest BCUT2D eigenvalue weighted by molar-refractivity contribution is 9.12. The quantitative estimate of drug-likeness (QED) is 0.579. The minimum atomic E-state index is 0.162. The second kappa shape index (κ2) is 6.86. The lowest BCUT2D eigenvalue weighted by Gasteiger charge is -2.35. The van der Waals surface area contributed by atoms with Gasteiger partial charge in [0.2, 0.25) is 0 Å². The van der Waals surface area contributed by atoms with Crippen LogP contribution in [0.4, 0.5) is 0 Å². The molecule has 0 aliphatic carbocycles. The van der Waals surface area contributed by atoms with Crippen molar-refractivity contribution in [1.82, 2.24) is 4.90 Å². The molecule has 6 heteroatoms. The summed E-state index contributed by atoms with van der Waals surface area (Å²) in [7, 11) is 0. The summed E-state index contributed by atoms with van der Waals surface area (Å²) in [5.41, 5.74) is 0.786. The second-order valence-electron chi connectivity index (χ2n) is 4.36. The minimum absolute atomic E-state index is 0.162. The van der Waals surface area contributed by atoms with Crippen LogP contribution in [-0.2, 0) is 0 Å². The van der Waals surface area contributed by atoms with Gasteiger partial charge in [-0.3, -0.25) is 4.79 Å². The Balaban J connectivity index is 2.18. The maximum Gasteiger partial charge on any atom is 0.256 e. The summed E-state index contributed by atoms with van der Waals surface area (Å²) in [6, 6.07) is 2.30. The highest BCUT2D eigenvalue weighted by Gasteiger charge is 2.28. The van der Waals surface area contributed by atoms with E-state index in [1.165, 1.54) is 6.42 Å². The molecule has 0 N–H and O–H groups in total. The highest BCUT2D eigenvalue weighted by atomic mass is 79.9. The molecule has 1 aromatic rings. The average molecular weight is 460 g/mol. The number of carbonyl (C=O) groups is 1. The SMILES string of the molecule is O=C(c1cc(Br)sc1Br)N1CCCCC1CCBr. The van der Waals surface area contributed by atoms with E-state index in [0.29, 0.717) is 6.04 Å². The summed E-state index contributed by atoms with van der Waals surface area (Å²) in [6.07, 6.45) is 4.51. The molecule has 100 valence electrons. The van der Waals surface area contributed by atoms with E-state index < -0.39 is 0 Å². The molecule has 0 spiro atoms. The Kier molecular flexibility index (Phi) is 5.72. The van der Waals surface area contributed by atoms with Gasteiger partial charge in [-0.2, -0.15) is 0 Å². The number of likely N-dealkylation sites (tertiary alicyclic amines) is 1. The van der Waals surface area contributed by atoms with Crippen molar-refractivity contribution in [2.75, 3.05) is 11.9 Å². The fraction of sp³-hybridized carbons (Fsp3) is 0.583. The minimum Gasteiger partial charge on any atom is -0.336 e. The fourth-order valence-corrected chi connectivity index (χ4v) is 5.64. The van der Waals surface area contributed by atoms with Crippen molar-refractivity contribution in [2.45, 2.75) is 31.7 Å². The molecular weight excluding hydrogens is 446 g/mol. The van der Waals surface area contributed by atoms with Gasteiger partial charge in [-0.05, 0) is 63.6 Å². The van der Waals surface area contributed by atoms with Crippen LogP contribution in [0.25, 0.3) is 0 Å². The summed E-state index contributed by atoms with van der Waals surface area (Å²) in [5, 5.41) is 0.954. The predicted molar refractivity (Wildman–Crippen MR) is 86.8 cm³/mol. The Labute approximate surface area is 137 Å². The van der Waals surface area contributed by atoms with E-state index in [4.69, 9.17) is 0 Å². The van der Waals surface area contributed by atoms with Gasteiger partial charge in [0.05, 0.1) is 13.1 Å². The van der Waals surface area contributed by atoms with Crippen LogP contribution in [0.3, 0.4) is 0 Å². The zero-order chi connectivity index (χ0) is 13.1. The predicted octanol–water partition coefficient (Wildman–Crippen LogP) is 5.05. The molecule has 1 aliphatic rings. The molecule has 2 nitrogen and oxygen atoms in total. The highest BCUT2D eigenvalue weighted by Crippen LogP contribution is 2.34. The van der Waals surface area contributed by atoms with Gasteiger partial charge < -0.3 is 4.90 Å². The molecule has 1 aliphatic heterocycles. The van der Waals surface area contributed by atoms with Crippen LogP contribution in [0.15, 0.2) is 13.6 Å². The Morgan fingerprint density at radius 1 is 1.44 bits per heavy atom. The number of thiophene rings is 1. The molecule has 1 amide bonds. The first-order valence-corrected chi connectivity index (χ1v) is 9.47. The Morgan fingerprint density at radius 3 is 2.83 bits per heavy atom. The summed E-state index contributed by atoms with van der Waals surface area (Å²) >= 11 is 11.9. The number of nitrogens with zero attached hydrogens (tertiary/aromatic N) is 1. The molecule has 1 unspecified atom stereocenters. The van der Waals surface area contributed by atoms with Crippen LogP contribution < -0.4 is 0 Å². The van der Waals surface area contributed by atoms with Crippen molar-refractivity contribution >= 4 is 65.0 Å². The Hall–Kier alpha value is 0.610. The number of carbonyl (C=O) groups excluding carboxylic acids is 1. The molecule has 0 radical (unpaired) electrons. The van der Waals surface area contributed by atoms with E-state index in [2.05, 4.69) is 47.8 Å². The molecule has 2 rings (SSSR count).